The summed E-state index contributed by atoms with van der Waals surface area (Å²) < 4.78 is 5.20. The predicted octanol–water partition coefficient (Wildman–Crippen LogP) is 1.31. The predicted molar refractivity (Wildman–Crippen MR) is 107 cm³/mol. The maximum absolute atomic E-state index is 12.3. The highest BCUT2D eigenvalue weighted by molar-refractivity contribution is 5.91. The average Bonchev–Trinajstić information content (AvgIpc) is 3.29. The Morgan fingerprint density at radius 1 is 1.07 bits per heavy atom. The summed E-state index contributed by atoms with van der Waals surface area (Å²) in [6.07, 6.45) is 7.13. The van der Waals surface area contributed by atoms with Crippen LogP contribution in [0, 0.1) is 5.92 Å². The molecule has 2 N–H and O–H groups in total. The molecule has 8 nitrogen and oxygen atoms in total. The van der Waals surface area contributed by atoms with Gasteiger partial charge in [-0.3, -0.25) is 14.6 Å². The Balaban J connectivity index is 1.36. The first-order valence-corrected chi connectivity index (χ1v) is 10.2. The van der Waals surface area contributed by atoms with Gasteiger partial charge in [-0.05, 0) is 25.0 Å². The molecule has 0 unspecified atom stereocenters. The number of aliphatic imine (C=N–C) groups is 1. The van der Waals surface area contributed by atoms with E-state index in [4.69, 9.17) is 4.42 Å². The Morgan fingerprint density at radius 2 is 1.75 bits per heavy atom. The van der Waals surface area contributed by atoms with Crippen LogP contribution >= 0.6 is 0 Å². The van der Waals surface area contributed by atoms with E-state index in [1.807, 2.05) is 0 Å². The van der Waals surface area contributed by atoms with Crippen LogP contribution in [0.2, 0.25) is 0 Å². The lowest BCUT2D eigenvalue weighted by molar-refractivity contribution is -0.125. The molecule has 0 atom stereocenters. The molecule has 154 valence electrons. The van der Waals surface area contributed by atoms with Crippen molar-refractivity contribution in [3.05, 3.63) is 24.2 Å². The van der Waals surface area contributed by atoms with Crippen LogP contribution in [0.25, 0.3) is 0 Å². The summed E-state index contributed by atoms with van der Waals surface area (Å²) in [5.74, 6) is 1.48. The van der Waals surface area contributed by atoms with E-state index in [-0.39, 0.29) is 17.7 Å². The largest absolute Gasteiger partial charge is 0.459 e. The van der Waals surface area contributed by atoms with Gasteiger partial charge in [-0.2, -0.15) is 0 Å². The molecule has 0 aromatic carbocycles. The molecule has 1 saturated carbocycles. The third-order valence-electron chi connectivity index (χ3n) is 5.49. The van der Waals surface area contributed by atoms with E-state index in [9.17, 15) is 9.59 Å². The number of carbonyl (C=O) groups is 2. The summed E-state index contributed by atoms with van der Waals surface area (Å²) in [5, 5.41) is 6.34. The van der Waals surface area contributed by atoms with Crippen molar-refractivity contribution in [2.75, 3.05) is 46.3 Å². The SMILES string of the molecule is CN=C(NCCNC(=O)C1CCCCC1)N1CCN(C(=O)c2ccco2)CC1. The van der Waals surface area contributed by atoms with E-state index < -0.39 is 0 Å². The molecule has 0 radical (unpaired) electrons. The van der Waals surface area contributed by atoms with Gasteiger partial charge < -0.3 is 24.9 Å². The molecule has 1 aliphatic carbocycles. The van der Waals surface area contributed by atoms with E-state index >= 15 is 0 Å². The van der Waals surface area contributed by atoms with Crippen LogP contribution in [0.1, 0.15) is 42.7 Å². The van der Waals surface area contributed by atoms with Crippen LogP contribution in [-0.2, 0) is 4.79 Å². The number of carbonyl (C=O) groups excluding carboxylic acids is 2. The summed E-state index contributed by atoms with van der Waals surface area (Å²) in [6, 6.07) is 3.42. The highest BCUT2D eigenvalue weighted by Gasteiger charge is 2.25. The second-order valence-electron chi connectivity index (χ2n) is 7.36. The van der Waals surface area contributed by atoms with E-state index in [0.29, 0.717) is 45.0 Å². The van der Waals surface area contributed by atoms with Crippen molar-refractivity contribution in [1.29, 1.82) is 0 Å². The van der Waals surface area contributed by atoms with Crippen LogP contribution in [-0.4, -0.2) is 73.9 Å². The van der Waals surface area contributed by atoms with Crippen LogP contribution in [0.5, 0.6) is 0 Å². The number of rotatable bonds is 5. The van der Waals surface area contributed by atoms with Gasteiger partial charge in [-0.1, -0.05) is 19.3 Å². The van der Waals surface area contributed by atoms with Crippen LogP contribution < -0.4 is 10.6 Å². The van der Waals surface area contributed by atoms with Crippen LogP contribution in [0.4, 0.5) is 0 Å². The molecule has 2 fully saturated rings. The van der Waals surface area contributed by atoms with E-state index in [1.54, 1.807) is 24.1 Å². The highest BCUT2D eigenvalue weighted by atomic mass is 16.3. The van der Waals surface area contributed by atoms with Gasteiger partial charge in [0, 0.05) is 52.2 Å². The highest BCUT2D eigenvalue weighted by Crippen LogP contribution is 2.23. The maximum Gasteiger partial charge on any atom is 0.289 e. The molecule has 1 saturated heterocycles. The minimum Gasteiger partial charge on any atom is -0.459 e. The molecule has 1 aliphatic heterocycles. The maximum atomic E-state index is 12.3. The first kappa shape index (κ1) is 20.2. The molecule has 3 rings (SSSR count). The minimum atomic E-state index is -0.0713. The van der Waals surface area contributed by atoms with Crippen molar-refractivity contribution < 1.29 is 14.0 Å². The van der Waals surface area contributed by atoms with Gasteiger partial charge in [0.2, 0.25) is 5.91 Å². The zero-order valence-electron chi connectivity index (χ0n) is 16.7. The summed E-state index contributed by atoms with van der Waals surface area (Å²) >= 11 is 0. The molecule has 2 amide bonds. The Morgan fingerprint density at radius 3 is 2.39 bits per heavy atom. The lowest BCUT2D eigenvalue weighted by atomic mass is 9.89. The molecule has 1 aromatic rings. The second kappa shape index (κ2) is 10.1. The van der Waals surface area contributed by atoms with E-state index in [2.05, 4.69) is 20.5 Å². The third kappa shape index (κ3) is 5.27. The molecule has 0 bridgehead atoms. The number of amides is 2. The quantitative estimate of drug-likeness (QED) is 0.450. The fraction of sp³-hybridized carbons (Fsp3) is 0.650. The topological polar surface area (TPSA) is 90.2 Å². The first-order chi connectivity index (χ1) is 13.7. The number of hydrogen-bond donors (Lipinski definition) is 2. The standard InChI is InChI=1S/C20H31N5O3/c1-21-20(23-10-9-22-18(26)16-6-3-2-4-7-16)25-13-11-24(12-14-25)19(27)17-8-5-15-28-17/h5,8,15-16H,2-4,6-7,9-14H2,1H3,(H,21,23)(H,22,26). The van der Waals surface area contributed by atoms with E-state index in [1.165, 1.54) is 12.7 Å². The number of guanidine groups is 1. The Bertz CT molecular complexity index is 659. The molecule has 2 heterocycles. The van der Waals surface area contributed by atoms with Gasteiger partial charge in [-0.25, -0.2) is 0 Å². The van der Waals surface area contributed by atoms with Gasteiger partial charge in [0.15, 0.2) is 11.7 Å². The number of hydrogen-bond acceptors (Lipinski definition) is 4. The van der Waals surface area contributed by atoms with Crippen molar-refractivity contribution in [1.82, 2.24) is 20.4 Å². The van der Waals surface area contributed by atoms with Gasteiger partial charge in [-0.15, -0.1) is 0 Å². The van der Waals surface area contributed by atoms with Gasteiger partial charge in [0.1, 0.15) is 0 Å². The summed E-state index contributed by atoms with van der Waals surface area (Å²) in [4.78, 5) is 32.8. The normalized spacial score (nSPS) is 18.8. The Hall–Kier alpha value is -2.51. The number of piperazine rings is 1. The van der Waals surface area contributed by atoms with Crippen molar-refractivity contribution >= 4 is 17.8 Å². The minimum absolute atomic E-state index is 0.0713. The van der Waals surface area contributed by atoms with Crippen molar-refractivity contribution in [2.45, 2.75) is 32.1 Å². The van der Waals surface area contributed by atoms with Crippen molar-refractivity contribution in [2.24, 2.45) is 10.9 Å². The van der Waals surface area contributed by atoms with Crippen LogP contribution in [0.3, 0.4) is 0 Å². The summed E-state index contributed by atoms with van der Waals surface area (Å²) in [5.41, 5.74) is 0. The second-order valence-corrected chi connectivity index (χ2v) is 7.36. The third-order valence-corrected chi connectivity index (χ3v) is 5.49. The smallest absolute Gasteiger partial charge is 0.289 e. The average molecular weight is 390 g/mol. The lowest BCUT2D eigenvalue weighted by Gasteiger charge is -2.36. The summed E-state index contributed by atoms with van der Waals surface area (Å²) in [6.45, 7) is 3.89. The zero-order valence-corrected chi connectivity index (χ0v) is 16.7. The number of nitrogens with zero attached hydrogens (tertiary/aromatic N) is 3. The van der Waals surface area contributed by atoms with Crippen LogP contribution in [0.15, 0.2) is 27.8 Å². The molecule has 28 heavy (non-hydrogen) atoms. The summed E-state index contributed by atoms with van der Waals surface area (Å²) in [7, 11) is 1.75. The molecule has 2 aliphatic rings. The zero-order chi connectivity index (χ0) is 19.8. The Kier molecular flexibility index (Phi) is 7.33. The Labute approximate surface area is 166 Å². The van der Waals surface area contributed by atoms with Gasteiger partial charge in [0.05, 0.1) is 6.26 Å². The van der Waals surface area contributed by atoms with Gasteiger partial charge in [0.25, 0.3) is 5.91 Å². The fourth-order valence-corrected chi connectivity index (χ4v) is 3.88. The van der Waals surface area contributed by atoms with Crippen molar-refractivity contribution in [3.8, 4) is 0 Å². The molecule has 1 aromatic heterocycles. The monoisotopic (exact) mass is 389 g/mol. The molecule has 8 heteroatoms. The lowest BCUT2D eigenvalue weighted by Crippen LogP contribution is -2.54. The van der Waals surface area contributed by atoms with E-state index in [0.717, 1.165) is 31.6 Å². The van der Waals surface area contributed by atoms with Crippen molar-refractivity contribution in [3.63, 3.8) is 0 Å². The first-order valence-electron chi connectivity index (χ1n) is 10.2. The molecular weight excluding hydrogens is 358 g/mol. The fourth-order valence-electron chi connectivity index (χ4n) is 3.88. The molecule has 0 spiro atoms. The molecular formula is C20H31N5O3. The van der Waals surface area contributed by atoms with Gasteiger partial charge >= 0.3 is 0 Å². The number of furan rings is 1. The number of nitrogens with one attached hydrogen (secondary N) is 2.